The number of nitro groups is 1. The van der Waals surface area contributed by atoms with Gasteiger partial charge in [0.1, 0.15) is 0 Å². The van der Waals surface area contributed by atoms with Gasteiger partial charge in [-0.1, -0.05) is 30.3 Å². The fourth-order valence-corrected chi connectivity index (χ4v) is 2.03. The van der Waals surface area contributed by atoms with Gasteiger partial charge < -0.3 is 9.15 Å². The molecule has 0 N–H and O–H groups in total. The van der Waals surface area contributed by atoms with Crippen LogP contribution in [0.4, 0.5) is 5.69 Å². The van der Waals surface area contributed by atoms with Crippen molar-refractivity contribution in [2.24, 2.45) is 0 Å². The maximum Gasteiger partial charge on any atom is 0.331 e. The van der Waals surface area contributed by atoms with Crippen LogP contribution in [0.1, 0.15) is 11.5 Å². The van der Waals surface area contributed by atoms with Crippen molar-refractivity contribution in [1.29, 1.82) is 0 Å². The molecule has 0 amide bonds. The highest BCUT2D eigenvalue weighted by Crippen LogP contribution is 2.26. The lowest BCUT2D eigenvalue weighted by molar-refractivity contribution is -0.386. The number of oxazole rings is 1. The number of hydrogen-bond acceptors (Lipinski definition) is 6. The van der Waals surface area contributed by atoms with Crippen LogP contribution in [0, 0.1) is 17.0 Å². The van der Waals surface area contributed by atoms with Gasteiger partial charge in [0, 0.05) is 17.8 Å². The van der Waals surface area contributed by atoms with Crippen LogP contribution < -0.4 is 4.74 Å². The monoisotopic (exact) mass is 311 g/mol. The van der Waals surface area contributed by atoms with E-state index in [4.69, 9.17) is 9.15 Å². The molecule has 3 rings (SSSR count). The normalized spacial score (nSPS) is 10.5. The molecule has 2 heterocycles. The molecule has 0 aliphatic carbocycles. The summed E-state index contributed by atoms with van der Waals surface area (Å²) >= 11 is 0. The second-order valence-corrected chi connectivity index (χ2v) is 4.87. The van der Waals surface area contributed by atoms with Crippen LogP contribution in [0.5, 0.6) is 5.88 Å². The van der Waals surface area contributed by atoms with Gasteiger partial charge in [0.05, 0.1) is 11.1 Å². The third kappa shape index (κ3) is 3.34. The van der Waals surface area contributed by atoms with Gasteiger partial charge in [-0.3, -0.25) is 10.1 Å². The van der Waals surface area contributed by atoms with Crippen molar-refractivity contribution in [3.63, 3.8) is 0 Å². The van der Waals surface area contributed by atoms with E-state index in [1.54, 1.807) is 13.1 Å². The minimum absolute atomic E-state index is 0.0380. The summed E-state index contributed by atoms with van der Waals surface area (Å²) in [7, 11) is 0. The van der Waals surface area contributed by atoms with Gasteiger partial charge in [0.2, 0.25) is 5.89 Å². The lowest BCUT2D eigenvalue weighted by atomic mass is 10.2. The van der Waals surface area contributed by atoms with Gasteiger partial charge in [0.25, 0.3) is 5.88 Å². The molecule has 0 fully saturated rings. The average Bonchev–Trinajstić information content (AvgIpc) is 3.03. The Kier molecular flexibility index (Phi) is 4.01. The van der Waals surface area contributed by atoms with Crippen molar-refractivity contribution >= 4 is 5.69 Å². The Hall–Kier alpha value is -3.22. The Bertz CT molecular complexity index is 830. The van der Waals surface area contributed by atoms with E-state index in [2.05, 4.69) is 9.97 Å². The molecule has 116 valence electrons. The van der Waals surface area contributed by atoms with E-state index in [-0.39, 0.29) is 18.2 Å². The number of nitrogens with zero attached hydrogens (tertiary/aromatic N) is 3. The summed E-state index contributed by atoms with van der Waals surface area (Å²) in [5, 5.41) is 11.0. The fourth-order valence-electron chi connectivity index (χ4n) is 2.03. The summed E-state index contributed by atoms with van der Waals surface area (Å²) in [6.07, 6.45) is 3.10. The minimum Gasteiger partial charge on any atom is -0.463 e. The molecule has 0 radical (unpaired) electrons. The van der Waals surface area contributed by atoms with Crippen LogP contribution in [-0.2, 0) is 6.61 Å². The Morgan fingerprint density at radius 1 is 1.22 bits per heavy atom. The standard InChI is InChI=1S/C16H13N3O4/c1-11-7-13(19(20)21)16(18-8-11)22-10-15-17-9-14(23-15)12-5-3-2-4-6-12/h2-9H,10H2,1H3. The zero-order valence-corrected chi connectivity index (χ0v) is 12.3. The van der Waals surface area contributed by atoms with Gasteiger partial charge in [-0.05, 0) is 12.5 Å². The number of rotatable bonds is 5. The molecule has 0 spiro atoms. The van der Waals surface area contributed by atoms with Crippen molar-refractivity contribution < 1.29 is 14.1 Å². The van der Waals surface area contributed by atoms with E-state index < -0.39 is 4.92 Å². The number of benzene rings is 1. The molecule has 0 bridgehead atoms. The zero-order chi connectivity index (χ0) is 16.2. The molecule has 23 heavy (non-hydrogen) atoms. The summed E-state index contributed by atoms with van der Waals surface area (Å²) in [5.41, 5.74) is 1.40. The molecule has 2 aromatic heterocycles. The minimum atomic E-state index is -0.527. The first kappa shape index (κ1) is 14.7. The largest absolute Gasteiger partial charge is 0.463 e. The van der Waals surface area contributed by atoms with Crippen molar-refractivity contribution in [3.05, 3.63) is 70.4 Å². The van der Waals surface area contributed by atoms with Crippen LogP contribution in [0.25, 0.3) is 11.3 Å². The van der Waals surface area contributed by atoms with E-state index >= 15 is 0 Å². The average molecular weight is 311 g/mol. The second-order valence-electron chi connectivity index (χ2n) is 4.87. The first-order valence-corrected chi connectivity index (χ1v) is 6.87. The van der Waals surface area contributed by atoms with Gasteiger partial charge in [-0.2, -0.15) is 0 Å². The predicted molar refractivity (Wildman–Crippen MR) is 81.9 cm³/mol. The number of pyridine rings is 1. The highest BCUT2D eigenvalue weighted by molar-refractivity contribution is 5.55. The molecule has 0 saturated carbocycles. The van der Waals surface area contributed by atoms with Crippen LogP contribution in [0.3, 0.4) is 0 Å². The van der Waals surface area contributed by atoms with Crippen molar-refractivity contribution in [3.8, 4) is 17.2 Å². The Morgan fingerprint density at radius 3 is 2.74 bits per heavy atom. The molecule has 0 unspecified atom stereocenters. The number of hydrogen-bond donors (Lipinski definition) is 0. The first-order valence-electron chi connectivity index (χ1n) is 6.87. The molecule has 1 aromatic carbocycles. The smallest absolute Gasteiger partial charge is 0.331 e. The van der Waals surface area contributed by atoms with Gasteiger partial charge in [-0.15, -0.1) is 0 Å². The maximum absolute atomic E-state index is 11.0. The Morgan fingerprint density at radius 2 is 2.00 bits per heavy atom. The van der Waals surface area contributed by atoms with Crippen molar-refractivity contribution in [1.82, 2.24) is 9.97 Å². The van der Waals surface area contributed by atoms with E-state index in [0.717, 1.165) is 5.56 Å². The molecule has 0 aliphatic rings. The van der Waals surface area contributed by atoms with Crippen LogP contribution >= 0.6 is 0 Å². The highest BCUT2D eigenvalue weighted by Gasteiger charge is 2.18. The summed E-state index contributed by atoms with van der Waals surface area (Å²) in [4.78, 5) is 18.6. The molecule has 7 nitrogen and oxygen atoms in total. The fraction of sp³-hybridized carbons (Fsp3) is 0.125. The number of ether oxygens (including phenoxy) is 1. The van der Waals surface area contributed by atoms with Gasteiger partial charge >= 0.3 is 5.69 Å². The third-order valence-corrected chi connectivity index (χ3v) is 3.11. The Balaban J connectivity index is 1.75. The number of aromatic nitrogens is 2. The van der Waals surface area contributed by atoms with Crippen LogP contribution in [0.2, 0.25) is 0 Å². The van der Waals surface area contributed by atoms with E-state index in [9.17, 15) is 10.1 Å². The molecule has 0 atom stereocenters. The topological polar surface area (TPSA) is 91.3 Å². The highest BCUT2D eigenvalue weighted by atomic mass is 16.6. The molecular formula is C16H13N3O4. The van der Waals surface area contributed by atoms with Crippen molar-refractivity contribution in [2.45, 2.75) is 13.5 Å². The first-order chi connectivity index (χ1) is 11.1. The third-order valence-electron chi connectivity index (χ3n) is 3.11. The number of aryl methyl sites for hydroxylation is 1. The van der Waals surface area contributed by atoms with Gasteiger partial charge in [-0.25, -0.2) is 9.97 Å². The quantitative estimate of drug-likeness (QED) is 0.528. The summed E-state index contributed by atoms with van der Waals surface area (Å²) in [6.45, 7) is 1.69. The van der Waals surface area contributed by atoms with E-state index in [0.29, 0.717) is 17.2 Å². The summed E-state index contributed by atoms with van der Waals surface area (Å²) in [5.74, 6) is 0.871. The maximum atomic E-state index is 11.0. The molecule has 7 heteroatoms. The second kappa shape index (κ2) is 6.27. The summed E-state index contributed by atoms with van der Waals surface area (Å²) in [6, 6.07) is 10.9. The molecular weight excluding hydrogens is 298 g/mol. The molecule has 0 saturated heterocycles. The van der Waals surface area contributed by atoms with E-state index in [1.165, 1.54) is 12.3 Å². The molecule has 3 aromatic rings. The van der Waals surface area contributed by atoms with Crippen LogP contribution in [-0.4, -0.2) is 14.9 Å². The SMILES string of the molecule is Cc1cnc(OCc2ncc(-c3ccccc3)o2)c([N+](=O)[O-])c1. The van der Waals surface area contributed by atoms with Crippen LogP contribution in [0.15, 0.2) is 53.2 Å². The lowest BCUT2D eigenvalue weighted by Gasteiger charge is -2.04. The Labute approximate surface area is 131 Å². The predicted octanol–water partition coefficient (Wildman–Crippen LogP) is 3.53. The van der Waals surface area contributed by atoms with Gasteiger partial charge in [0.15, 0.2) is 12.4 Å². The summed E-state index contributed by atoms with van der Waals surface area (Å²) < 4.78 is 11.0. The van der Waals surface area contributed by atoms with Crippen molar-refractivity contribution in [2.75, 3.05) is 0 Å². The lowest BCUT2D eigenvalue weighted by Crippen LogP contribution is -2.01. The van der Waals surface area contributed by atoms with E-state index in [1.807, 2.05) is 30.3 Å². The zero-order valence-electron chi connectivity index (χ0n) is 12.3. The molecule has 0 aliphatic heterocycles.